The maximum absolute atomic E-state index is 10.3. The lowest BCUT2D eigenvalue weighted by Gasteiger charge is -2.36. The maximum Gasteiger partial charge on any atom is 0.128 e. The van der Waals surface area contributed by atoms with E-state index in [1.54, 1.807) is 0 Å². The second-order valence-electron chi connectivity index (χ2n) is 5.40. The van der Waals surface area contributed by atoms with E-state index in [0.29, 0.717) is 6.54 Å². The highest BCUT2D eigenvalue weighted by Gasteiger charge is 2.20. The Morgan fingerprint density at radius 1 is 0.952 bits per heavy atom. The van der Waals surface area contributed by atoms with Gasteiger partial charge in [-0.15, -0.1) is 0 Å². The zero-order chi connectivity index (χ0) is 14.5. The number of aromatic nitrogens is 1. The molecule has 0 spiro atoms. The minimum atomic E-state index is -0.410. The van der Waals surface area contributed by atoms with Crippen molar-refractivity contribution < 1.29 is 5.11 Å². The lowest BCUT2D eigenvalue weighted by Crippen LogP contribution is -2.47. The third kappa shape index (κ3) is 3.60. The quantitative estimate of drug-likeness (QED) is 0.931. The predicted molar refractivity (Wildman–Crippen MR) is 84.3 cm³/mol. The highest BCUT2D eigenvalue weighted by atomic mass is 16.3. The van der Waals surface area contributed by atoms with Gasteiger partial charge in [0.25, 0.3) is 0 Å². The molecule has 2 heterocycles. The van der Waals surface area contributed by atoms with Crippen molar-refractivity contribution in [3.05, 3.63) is 60.3 Å². The molecular formula is C17H21N3O. The van der Waals surface area contributed by atoms with Crippen molar-refractivity contribution in [3.63, 3.8) is 0 Å². The third-order valence-corrected chi connectivity index (χ3v) is 3.96. The molecule has 1 aromatic carbocycles. The Hall–Kier alpha value is -1.91. The van der Waals surface area contributed by atoms with Crippen LogP contribution in [0.25, 0.3) is 0 Å². The van der Waals surface area contributed by atoms with E-state index in [0.717, 1.165) is 37.6 Å². The zero-order valence-corrected chi connectivity index (χ0v) is 12.1. The largest absolute Gasteiger partial charge is 0.387 e. The van der Waals surface area contributed by atoms with E-state index < -0.39 is 6.10 Å². The van der Waals surface area contributed by atoms with Crippen LogP contribution >= 0.6 is 0 Å². The van der Waals surface area contributed by atoms with Gasteiger partial charge < -0.3 is 10.0 Å². The lowest BCUT2D eigenvalue weighted by atomic mass is 10.1. The Morgan fingerprint density at radius 3 is 2.33 bits per heavy atom. The Balaban J connectivity index is 1.52. The summed E-state index contributed by atoms with van der Waals surface area (Å²) >= 11 is 0. The first kappa shape index (κ1) is 14.0. The number of rotatable bonds is 4. The second-order valence-corrected chi connectivity index (χ2v) is 5.40. The van der Waals surface area contributed by atoms with Gasteiger partial charge in [-0.05, 0) is 17.7 Å². The van der Waals surface area contributed by atoms with Crippen molar-refractivity contribution in [2.75, 3.05) is 37.6 Å². The third-order valence-electron chi connectivity index (χ3n) is 3.96. The van der Waals surface area contributed by atoms with Crippen LogP contribution in [0.4, 0.5) is 5.82 Å². The predicted octanol–water partition coefficient (Wildman–Crippen LogP) is 1.94. The molecule has 1 fully saturated rings. The van der Waals surface area contributed by atoms with Gasteiger partial charge >= 0.3 is 0 Å². The van der Waals surface area contributed by atoms with Crippen molar-refractivity contribution in [2.45, 2.75) is 6.10 Å². The Kier molecular flexibility index (Phi) is 4.48. The number of benzene rings is 1. The number of pyridine rings is 1. The summed E-state index contributed by atoms with van der Waals surface area (Å²) in [5, 5.41) is 10.3. The molecule has 1 N–H and O–H groups in total. The van der Waals surface area contributed by atoms with Gasteiger partial charge in [0.15, 0.2) is 0 Å². The van der Waals surface area contributed by atoms with Crippen molar-refractivity contribution in [1.82, 2.24) is 9.88 Å². The minimum absolute atomic E-state index is 0.410. The molecule has 0 bridgehead atoms. The molecule has 1 aromatic heterocycles. The van der Waals surface area contributed by atoms with Crippen LogP contribution in [-0.4, -0.2) is 47.7 Å². The fourth-order valence-corrected chi connectivity index (χ4v) is 2.73. The van der Waals surface area contributed by atoms with E-state index in [2.05, 4.69) is 20.9 Å². The van der Waals surface area contributed by atoms with E-state index in [1.807, 2.05) is 48.7 Å². The molecule has 1 atom stereocenters. The number of β-amino-alcohol motifs (C(OH)–C–C–N with tert-alkyl or cyclic N) is 1. The molecule has 0 saturated carbocycles. The van der Waals surface area contributed by atoms with Gasteiger partial charge in [-0.3, -0.25) is 4.90 Å². The Labute approximate surface area is 125 Å². The average Bonchev–Trinajstić information content (AvgIpc) is 2.57. The van der Waals surface area contributed by atoms with Gasteiger partial charge in [0, 0.05) is 38.9 Å². The summed E-state index contributed by atoms with van der Waals surface area (Å²) in [4.78, 5) is 9.01. The lowest BCUT2D eigenvalue weighted by molar-refractivity contribution is 0.109. The number of hydrogen-bond donors (Lipinski definition) is 1. The molecule has 2 aromatic rings. The van der Waals surface area contributed by atoms with Gasteiger partial charge in [-0.2, -0.15) is 0 Å². The molecular weight excluding hydrogens is 262 g/mol. The van der Waals surface area contributed by atoms with Crippen molar-refractivity contribution >= 4 is 5.82 Å². The molecule has 1 saturated heterocycles. The van der Waals surface area contributed by atoms with Gasteiger partial charge in [0.05, 0.1) is 6.10 Å². The summed E-state index contributed by atoms with van der Waals surface area (Å²) in [7, 11) is 0. The number of aliphatic hydroxyl groups excluding tert-OH is 1. The topological polar surface area (TPSA) is 39.6 Å². The average molecular weight is 283 g/mol. The van der Waals surface area contributed by atoms with E-state index in [4.69, 9.17) is 0 Å². The SMILES string of the molecule is O[C@H](CN1CCN(c2ccccn2)CC1)c1ccccc1. The van der Waals surface area contributed by atoms with Crippen LogP contribution in [0, 0.1) is 0 Å². The smallest absolute Gasteiger partial charge is 0.128 e. The van der Waals surface area contributed by atoms with Crippen LogP contribution in [0.5, 0.6) is 0 Å². The fraction of sp³-hybridized carbons (Fsp3) is 0.353. The summed E-state index contributed by atoms with van der Waals surface area (Å²) in [6, 6.07) is 15.9. The number of piperazine rings is 1. The monoisotopic (exact) mass is 283 g/mol. The maximum atomic E-state index is 10.3. The van der Waals surface area contributed by atoms with Crippen LogP contribution in [0.2, 0.25) is 0 Å². The number of nitrogens with zero attached hydrogens (tertiary/aromatic N) is 3. The number of anilines is 1. The molecule has 21 heavy (non-hydrogen) atoms. The van der Waals surface area contributed by atoms with Crippen LogP contribution in [0.15, 0.2) is 54.7 Å². The first-order valence-corrected chi connectivity index (χ1v) is 7.44. The normalized spacial score (nSPS) is 17.7. The van der Waals surface area contributed by atoms with Crippen LogP contribution in [0.1, 0.15) is 11.7 Å². The van der Waals surface area contributed by atoms with Crippen molar-refractivity contribution in [3.8, 4) is 0 Å². The molecule has 1 aliphatic rings. The Bertz CT molecular complexity index is 538. The second kappa shape index (κ2) is 6.70. The molecule has 0 radical (unpaired) electrons. The first-order chi connectivity index (χ1) is 10.3. The van der Waals surface area contributed by atoms with Gasteiger partial charge in [-0.25, -0.2) is 4.98 Å². The molecule has 0 aliphatic carbocycles. The molecule has 0 amide bonds. The molecule has 110 valence electrons. The standard InChI is InChI=1S/C17H21N3O/c21-16(15-6-2-1-3-7-15)14-19-10-12-20(13-11-19)17-8-4-5-9-18-17/h1-9,16,21H,10-14H2/t16-/m1/s1. The van der Waals surface area contributed by atoms with Gasteiger partial charge in [0.2, 0.25) is 0 Å². The van der Waals surface area contributed by atoms with Crippen LogP contribution in [-0.2, 0) is 0 Å². The summed E-state index contributed by atoms with van der Waals surface area (Å²) in [6.45, 7) is 4.53. The summed E-state index contributed by atoms with van der Waals surface area (Å²) < 4.78 is 0. The van der Waals surface area contributed by atoms with Gasteiger partial charge in [0.1, 0.15) is 5.82 Å². The van der Waals surface area contributed by atoms with E-state index in [1.165, 1.54) is 0 Å². The molecule has 1 aliphatic heterocycles. The fourth-order valence-electron chi connectivity index (χ4n) is 2.73. The molecule has 4 heteroatoms. The van der Waals surface area contributed by atoms with Gasteiger partial charge in [-0.1, -0.05) is 36.4 Å². The van der Waals surface area contributed by atoms with E-state index in [9.17, 15) is 5.11 Å². The minimum Gasteiger partial charge on any atom is -0.387 e. The summed E-state index contributed by atoms with van der Waals surface area (Å²) in [6.07, 6.45) is 1.42. The summed E-state index contributed by atoms with van der Waals surface area (Å²) in [5.41, 5.74) is 0.990. The molecule has 4 nitrogen and oxygen atoms in total. The van der Waals surface area contributed by atoms with Crippen LogP contribution < -0.4 is 4.90 Å². The highest BCUT2D eigenvalue weighted by molar-refractivity contribution is 5.38. The zero-order valence-electron chi connectivity index (χ0n) is 12.1. The van der Waals surface area contributed by atoms with E-state index in [-0.39, 0.29) is 0 Å². The van der Waals surface area contributed by atoms with E-state index >= 15 is 0 Å². The summed E-state index contributed by atoms with van der Waals surface area (Å²) in [5.74, 6) is 1.04. The molecule has 3 rings (SSSR count). The van der Waals surface area contributed by atoms with Crippen LogP contribution in [0.3, 0.4) is 0 Å². The number of hydrogen-bond acceptors (Lipinski definition) is 4. The van der Waals surface area contributed by atoms with Crippen molar-refractivity contribution in [2.24, 2.45) is 0 Å². The van der Waals surface area contributed by atoms with Crippen molar-refractivity contribution in [1.29, 1.82) is 0 Å². The molecule has 0 unspecified atom stereocenters. The first-order valence-electron chi connectivity index (χ1n) is 7.44. The highest BCUT2D eigenvalue weighted by Crippen LogP contribution is 2.17. The number of aliphatic hydroxyl groups is 1. The Morgan fingerprint density at radius 2 is 1.67 bits per heavy atom.